The van der Waals surface area contributed by atoms with Gasteiger partial charge in [0.2, 0.25) is 0 Å². The molecule has 1 fully saturated rings. The molecule has 0 unspecified atom stereocenters. The number of rotatable bonds is 2. The van der Waals surface area contributed by atoms with Crippen LogP contribution in [0.1, 0.15) is 49.5 Å². The van der Waals surface area contributed by atoms with Crippen molar-refractivity contribution in [1.29, 1.82) is 0 Å². The molecule has 25 heavy (non-hydrogen) atoms. The lowest BCUT2D eigenvalue weighted by molar-refractivity contribution is -0.113. The van der Waals surface area contributed by atoms with E-state index in [1.165, 1.54) is 19.3 Å². The fourth-order valence-electron chi connectivity index (χ4n) is 4.29. The van der Waals surface area contributed by atoms with Gasteiger partial charge >= 0.3 is 0 Å². The Balaban J connectivity index is 1.83. The molecule has 1 saturated heterocycles. The number of fused-ring (bicyclic) bond motifs is 1. The molecule has 2 aliphatic heterocycles. The van der Waals surface area contributed by atoms with E-state index in [1.54, 1.807) is 0 Å². The van der Waals surface area contributed by atoms with Crippen molar-refractivity contribution in [1.82, 2.24) is 4.90 Å². The Hall–Kier alpha value is -1.36. The van der Waals surface area contributed by atoms with Crippen LogP contribution in [0, 0.1) is 0 Å². The van der Waals surface area contributed by atoms with Gasteiger partial charge in [0, 0.05) is 10.0 Å². The first kappa shape index (κ1) is 17.1. The molecule has 2 heterocycles. The minimum atomic E-state index is -0.600. The zero-order valence-corrected chi connectivity index (χ0v) is 16.1. The normalized spacial score (nSPS) is 29.7. The zero-order valence-electron chi connectivity index (χ0n) is 14.5. The van der Waals surface area contributed by atoms with Gasteiger partial charge in [-0.3, -0.25) is 4.90 Å². The third-order valence-corrected chi connectivity index (χ3v) is 6.23. The number of hydrogen-bond donors (Lipinski definition) is 1. The number of aliphatic hydroxyl groups is 1. The van der Waals surface area contributed by atoms with Gasteiger partial charge in [-0.05, 0) is 56.6 Å². The first-order chi connectivity index (χ1) is 12.1. The van der Waals surface area contributed by atoms with E-state index in [1.807, 2.05) is 36.4 Å². The van der Waals surface area contributed by atoms with E-state index in [0.29, 0.717) is 0 Å². The van der Waals surface area contributed by atoms with Crippen molar-refractivity contribution in [2.75, 3.05) is 13.1 Å². The lowest BCUT2D eigenvalue weighted by Gasteiger charge is -2.53. The fourth-order valence-corrected chi connectivity index (χ4v) is 4.67. The molecular formula is C21H24BrNO2. The number of halogens is 1. The summed E-state index contributed by atoms with van der Waals surface area (Å²) in [5, 5.41) is 11.4. The summed E-state index contributed by atoms with van der Waals surface area (Å²) in [6.45, 7) is 4.16. The van der Waals surface area contributed by atoms with E-state index in [-0.39, 0.29) is 6.10 Å². The molecule has 0 aliphatic carbocycles. The molecule has 0 aromatic heterocycles. The van der Waals surface area contributed by atoms with Crippen LogP contribution in [0.25, 0.3) is 0 Å². The molecule has 1 N–H and O–H groups in total. The number of aliphatic hydroxyl groups excluding tert-OH is 1. The highest BCUT2D eigenvalue weighted by Gasteiger charge is 2.52. The Morgan fingerprint density at radius 2 is 1.80 bits per heavy atom. The van der Waals surface area contributed by atoms with Gasteiger partial charge in [0.25, 0.3) is 0 Å². The molecule has 0 spiro atoms. The van der Waals surface area contributed by atoms with Crippen molar-refractivity contribution >= 4 is 15.9 Å². The number of likely N-dealkylation sites (tertiary alicyclic amines) is 1. The second kappa shape index (κ2) is 6.75. The average Bonchev–Trinajstić information content (AvgIpc) is 2.66. The lowest BCUT2D eigenvalue weighted by Crippen LogP contribution is -2.59. The van der Waals surface area contributed by atoms with Gasteiger partial charge in [-0.15, -0.1) is 0 Å². The zero-order chi connectivity index (χ0) is 17.4. The van der Waals surface area contributed by atoms with Gasteiger partial charge in [-0.2, -0.15) is 0 Å². The number of hydrogen-bond acceptors (Lipinski definition) is 3. The van der Waals surface area contributed by atoms with Gasteiger partial charge in [-0.1, -0.05) is 52.7 Å². The fraction of sp³-hybridized carbons (Fsp3) is 0.429. The summed E-state index contributed by atoms with van der Waals surface area (Å²) in [6.07, 6.45) is 2.82. The Bertz CT molecular complexity index is 745. The van der Waals surface area contributed by atoms with Crippen molar-refractivity contribution in [2.24, 2.45) is 0 Å². The Morgan fingerprint density at radius 1 is 1.08 bits per heavy atom. The van der Waals surface area contributed by atoms with Crippen LogP contribution < -0.4 is 4.74 Å². The Kier molecular flexibility index (Phi) is 4.61. The quantitative estimate of drug-likeness (QED) is 0.779. The van der Waals surface area contributed by atoms with Gasteiger partial charge < -0.3 is 9.84 Å². The minimum Gasteiger partial charge on any atom is -0.483 e. The molecule has 4 heteroatoms. The highest BCUT2D eigenvalue weighted by molar-refractivity contribution is 9.10. The number of piperidine rings is 1. The standard InChI is InChI=1S/C21H24BrNO2/c1-21(23-12-6-3-7-13-23)19(24)17-14-16(22)10-11-18(17)25-20(21)15-8-4-2-5-9-15/h2,4-5,8-11,14,19-20,24H,3,6-7,12-13H2,1H3/t19-,20+,21+/m1/s1. The predicted molar refractivity (Wildman–Crippen MR) is 103 cm³/mol. The van der Waals surface area contributed by atoms with Gasteiger partial charge in [-0.25, -0.2) is 0 Å². The van der Waals surface area contributed by atoms with Crippen LogP contribution >= 0.6 is 15.9 Å². The number of nitrogens with zero attached hydrogens (tertiary/aromatic N) is 1. The number of benzene rings is 2. The van der Waals surface area contributed by atoms with Gasteiger partial charge in [0.15, 0.2) is 0 Å². The molecule has 2 aromatic carbocycles. The maximum absolute atomic E-state index is 11.4. The van der Waals surface area contributed by atoms with Crippen molar-refractivity contribution < 1.29 is 9.84 Å². The first-order valence-electron chi connectivity index (χ1n) is 9.05. The molecule has 132 valence electrons. The molecule has 0 amide bonds. The monoisotopic (exact) mass is 401 g/mol. The summed E-state index contributed by atoms with van der Waals surface area (Å²) >= 11 is 3.53. The minimum absolute atomic E-state index is 0.199. The van der Waals surface area contributed by atoms with E-state index >= 15 is 0 Å². The van der Waals surface area contributed by atoms with E-state index in [9.17, 15) is 5.11 Å². The average molecular weight is 402 g/mol. The summed E-state index contributed by atoms with van der Waals surface area (Å²) in [5.41, 5.74) is 1.49. The molecule has 0 radical (unpaired) electrons. The van der Waals surface area contributed by atoms with E-state index in [4.69, 9.17) is 4.74 Å². The second-order valence-corrected chi connectivity index (χ2v) is 8.18. The highest BCUT2D eigenvalue weighted by atomic mass is 79.9. The molecule has 3 atom stereocenters. The largest absolute Gasteiger partial charge is 0.483 e. The van der Waals surface area contributed by atoms with Crippen LogP contribution in [0.2, 0.25) is 0 Å². The van der Waals surface area contributed by atoms with Crippen LogP contribution in [0.3, 0.4) is 0 Å². The lowest BCUT2D eigenvalue weighted by atomic mass is 9.76. The summed E-state index contributed by atoms with van der Waals surface area (Å²) in [6, 6.07) is 16.2. The van der Waals surface area contributed by atoms with Crippen LogP contribution in [-0.2, 0) is 0 Å². The molecule has 3 nitrogen and oxygen atoms in total. The number of ether oxygens (including phenoxy) is 1. The van der Waals surface area contributed by atoms with Crippen molar-refractivity contribution in [3.63, 3.8) is 0 Å². The van der Waals surface area contributed by atoms with Crippen LogP contribution in [0.5, 0.6) is 5.75 Å². The van der Waals surface area contributed by atoms with Crippen molar-refractivity contribution in [3.05, 3.63) is 64.1 Å². The summed E-state index contributed by atoms with van der Waals surface area (Å²) in [4.78, 5) is 2.43. The summed E-state index contributed by atoms with van der Waals surface area (Å²) < 4.78 is 7.46. The van der Waals surface area contributed by atoms with Crippen LogP contribution in [0.4, 0.5) is 0 Å². The molecule has 0 bridgehead atoms. The molecule has 2 aliphatic rings. The second-order valence-electron chi connectivity index (χ2n) is 7.27. The van der Waals surface area contributed by atoms with E-state index < -0.39 is 11.6 Å². The highest BCUT2D eigenvalue weighted by Crippen LogP contribution is 2.51. The van der Waals surface area contributed by atoms with Gasteiger partial charge in [0.05, 0.1) is 5.54 Å². The van der Waals surface area contributed by atoms with E-state index in [0.717, 1.165) is 34.4 Å². The summed E-state index contributed by atoms with van der Waals surface area (Å²) in [5.74, 6) is 0.777. The maximum Gasteiger partial charge on any atom is 0.145 e. The van der Waals surface area contributed by atoms with Crippen molar-refractivity contribution in [3.8, 4) is 5.75 Å². The third kappa shape index (κ3) is 2.90. The smallest absolute Gasteiger partial charge is 0.145 e. The van der Waals surface area contributed by atoms with Crippen molar-refractivity contribution in [2.45, 2.75) is 43.9 Å². The maximum atomic E-state index is 11.4. The SMILES string of the molecule is C[C@]1(N2CCCCC2)[C@H](O)c2cc(Br)ccc2O[C@H]1c1ccccc1. The molecule has 4 rings (SSSR count). The topological polar surface area (TPSA) is 32.7 Å². The molecule has 0 saturated carbocycles. The Labute approximate surface area is 157 Å². The molecular weight excluding hydrogens is 378 g/mol. The van der Waals surface area contributed by atoms with Crippen LogP contribution in [-0.4, -0.2) is 28.6 Å². The van der Waals surface area contributed by atoms with E-state index in [2.05, 4.69) is 39.9 Å². The van der Waals surface area contributed by atoms with Gasteiger partial charge in [0.1, 0.15) is 18.0 Å². The Morgan fingerprint density at radius 3 is 2.52 bits per heavy atom. The van der Waals surface area contributed by atoms with Crippen LogP contribution in [0.15, 0.2) is 53.0 Å². The molecule has 2 aromatic rings. The third-order valence-electron chi connectivity index (χ3n) is 5.74. The first-order valence-corrected chi connectivity index (χ1v) is 9.84. The summed E-state index contributed by atoms with van der Waals surface area (Å²) in [7, 11) is 0. The predicted octanol–water partition coefficient (Wildman–Crippen LogP) is 4.86.